The third kappa shape index (κ3) is 3.08. The van der Waals surface area contributed by atoms with E-state index in [2.05, 4.69) is 15.2 Å². The lowest BCUT2D eigenvalue weighted by molar-refractivity contribution is -0.142. The number of rotatable bonds is 3. The van der Waals surface area contributed by atoms with Crippen LogP contribution in [0, 0.1) is 0 Å². The Kier molecular flexibility index (Phi) is 4.21. The van der Waals surface area contributed by atoms with Gasteiger partial charge in [0.1, 0.15) is 5.82 Å². The minimum absolute atomic E-state index is 0.187. The highest BCUT2D eigenvalue weighted by atomic mass is 19.4. The summed E-state index contributed by atoms with van der Waals surface area (Å²) in [7, 11) is 1.29. The third-order valence-electron chi connectivity index (χ3n) is 3.92. The molecule has 0 amide bonds. The van der Waals surface area contributed by atoms with Gasteiger partial charge < -0.3 is 10.1 Å². The summed E-state index contributed by atoms with van der Waals surface area (Å²) in [5.41, 5.74) is 0.530. The molecular weight excluding hydrogens is 323 g/mol. The molecule has 1 aliphatic heterocycles. The highest BCUT2D eigenvalue weighted by Crippen LogP contribution is 2.36. The van der Waals surface area contributed by atoms with Crippen LogP contribution >= 0.6 is 0 Å². The number of carbonyl (C=O) groups excluding carboxylic acids is 1. The predicted molar refractivity (Wildman–Crippen MR) is 80.9 cm³/mol. The van der Waals surface area contributed by atoms with Crippen LogP contribution in [-0.4, -0.2) is 29.4 Å². The molecule has 0 spiro atoms. The Hall–Kier alpha value is -2.51. The zero-order valence-electron chi connectivity index (χ0n) is 13.0. The van der Waals surface area contributed by atoms with E-state index in [1.54, 1.807) is 24.3 Å². The Morgan fingerprint density at radius 2 is 2.04 bits per heavy atom. The number of nitrogens with zero attached hydrogens (tertiary/aromatic N) is 2. The Balaban J connectivity index is 1.90. The molecule has 0 saturated carbocycles. The number of hydrogen-bond acceptors (Lipinski definition) is 4. The summed E-state index contributed by atoms with van der Waals surface area (Å²) < 4.78 is 45.4. The van der Waals surface area contributed by atoms with Crippen molar-refractivity contribution in [3.63, 3.8) is 0 Å². The first-order valence-corrected chi connectivity index (χ1v) is 7.48. The lowest BCUT2D eigenvalue weighted by atomic mass is 10.1. The van der Waals surface area contributed by atoms with Crippen molar-refractivity contribution in [2.75, 3.05) is 19.0 Å². The second-order valence-corrected chi connectivity index (χ2v) is 5.55. The van der Waals surface area contributed by atoms with Gasteiger partial charge in [-0.05, 0) is 30.5 Å². The molecule has 1 aromatic carbocycles. The molecule has 0 saturated heterocycles. The Morgan fingerprint density at radius 1 is 1.33 bits per heavy atom. The van der Waals surface area contributed by atoms with Gasteiger partial charge in [-0.3, -0.25) is 0 Å². The van der Waals surface area contributed by atoms with Crippen molar-refractivity contribution in [3.8, 4) is 0 Å². The van der Waals surface area contributed by atoms with Crippen molar-refractivity contribution < 1.29 is 22.7 Å². The van der Waals surface area contributed by atoms with Gasteiger partial charge in [-0.2, -0.15) is 18.3 Å². The number of anilines is 1. The monoisotopic (exact) mass is 339 g/mol. The number of halogens is 3. The summed E-state index contributed by atoms with van der Waals surface area (Å²) in [6.07, 6.45) is -3.46. The van der Waals surface area contributed by atoms with Gasteiger partial charge in [-0.15, -0.1) is 0 Å². The van der Waals surface area contributed by atoms with Crippen molar-refractivity contribution in [2.24, 2.45) is 0 Å². The summed E-state index contributed by atoms with van der Waals surface area (Å²) in [6.45, 7) is 0.810. The third-order valence-corrected chi connectivity index (χ3v) is 3.92. The van der Waals surface area contributed by atoms with E-state index in [0.717, 1.165) is 5.56 Å². The molecule has 0 radical (unpaired) electrons. The zero-order valence-corrected chi connectivity index (χ0v) is 13.0. The smallest absolute Gasteiger partial charge is 0.435 e. The van der Waals surface area contributed by atoms with Crippen LogP contribution in [0.25, 0.3) is 0 Å². The molecule has 0 fully saturated rings. The Labute approximate surface area is 136 Å². The quantitative estimate of drug-likeness (QED) is 0.873. The topological polar surface area (TPSA) is 56.2 Å². The number of carbonyl (C=O) groups is 1. The summed E-state index contributed by atoms with van der Waals surface area (Å²) in [4.78, 5) is 11.4. The minimum atomic E-state index is -4.47. The van der Waals surface area contributed by atoms with Crippen LogP contribution in [0.15, 0.2) is 24.3 Å². The van der Waals surface area contributed by atoms with Gasteiger partial charge in [0.2, 0.25) is 0 Å². The summed E-state index contributed by atoms with van der Waals surface area (Å²) in [6, 6.07) is 6.51. The molecule has 0 aliphatic carbocycles. The van der Waals surface area contributed by atoms with Crippen LogP contribution in [-0.2, 0) is 23.9 Å². The van der Waals surface area contributed by atoms with Crippen molar-refractivity contribution in [3.05, 3.63) is 46.6 Å². The lowest BCUT2D eigenvalue weighted by Crippen LogP contribution is -2.16. The van der Waals surface area contributed by atoms with E-state index in [9.17, 15) is 18.0 Å². The molecule has 2 heterocycles. The maximum absolute atomic E-state index is 13.2. The van der Waals surface area contributed by atoms with Gasteiger partial charge in [-0.25, -0.2) is 9.48 Å². The molecule has 5 nitrogen and oxygen atoms in total. The van der Waals surface area contributed by atoms with Crippen molar-refractivity contribution in [1.29, 1.82) is 0 Å². The fourth-order valence-electron chi connectivity index (χ4n) is 2.78. The predicted octanol–water partition coefficient (Wildman–Crippen LogP) is 3.09. The van der Waals surface area contributed by atoms with Gasteiger partial charge in [0.25, 0.3) is 0 Å². The van der Waals surface area contributed by atoms with Gasteiger partial charge in [-0.1, -0.05) is 12.1 Å². The Morgan fingerprint density at radius 3 is 2.67 bits per heavy atom. The average Bonchev–Trinajstić information content (AvgIpc) is 2.94. The molecular formula is C16H16F3N3O2. The first kappa shape index (κ1) is 16.4. The molecule has 24 heavy (non-hydrogen) atoms. The average molecular weight is 339 g/mol. The second-order valence-electron chi connectivity index (χ2n) is 5.55. The molecule has 128 valence electrons. The summed E-state index contributed by atoms with van der Waals surface area (Å²) in [5, 5.41) is 6.78. The summed E-state index contributed by atoms with van der Waals surface area (Å²) >= 11 is 0. The maximum Gasteiger partial charge on any atom is 0.435 e. The van der Waals surface area contributed by atoms with Crippen molar-refractivity contribution >= 4 is 11.8 Å². The van der Waals surface area contributed by atoms with E-state index in [0.29, 0.717) is 30.8 Å². The number of esters is 1. The van der Waals surface area contributed by atoms with Crippen LogP contribution in [0.4, 0.5) is 19.0 Å². The van der Waals surface area contributed by atoms with E-state index in [-0.39, 0.29) is 12.1 Å². The van der Waals surface area contributed by atoms with Crippen LogP contribution in [0.1, 0.15) is 33.6 Å². The molecule has 0 bridgehead atoms. The van der Waals surface area contributed by atoms with Gasteiger partial charge in [0.05, 0.1) is 19.2 Å². The van der Waals surface area contributed by atoms with E-state index in [1.807, 2.05) is 0 Å². The van der Waals surface area contributed by atoms with E-state index in [4.69, 9.17) is 0 Å². The van der Waals surface area contributed by atoms with Crippen LogP contribution < -0.4 is 5.32 Å². The van der Waals surface area contributed by atoms with Crippen LogP contribution in [0.2, 0.25) is 0 Å². The molecule has 8 heteroatoms. The first-order chi connectivity index (χ1) is 11.4. The molecule has 1 aromatic heterocycles. The number of methoxy groups -OCH3 is 1. The molecule has 1 aliphatic rings. The Bertz CT molecular complexity index is 751. The lowest BCUT2D eigenvalue weighted by Gasteiger charge is -2.17. The fourth-order valence-corrected chi connectivity index (χ4v) is 2.78. The van der Waals surface area contributed by atoms with Crippen LogP contribution in [0.5, 0.6) is 0 Å². The normalized spacial score (nSPS) is 14.0. The highest BCUT2D eigenvalue weighted by Gasteiger charge is 2.39. The number of nitrogens with one attached hydrogen (secondary N) is 1. The standard InChI is InChI=1S/C16H16F3N3O2/c1-24-15(23)11-6-4-10(5-7-11)9-22-14-12(3-2-8-20-14)13(21-22)16(17,18)19/h4-7,20H,2-3,8-9H2,1H3. The molecule has 1 N–H and O–H groups in total. The largest absolute Gasteiger partial charge is 0.465 e. The molecule has 0 atom stereocenters. The molecule has 2 aromatic rings. The fraction of sp³-hybridized carbons (Fsp3) is 0.375. The van der Waals surface area contributed by atoms with Gasteiger partial charge in [0.15, 0.2) is 5.69 Å². The number of fused-ring (bicyclic) bond motifs is 1. The number of hydrogen-bond donors (Lipinski definition) is 1. The van der Waals surface area contributed by atoms with E-state index < -0.39 is 17.8 Å². The summed E-state index contributed by atoms with van der Waals surface area (Å²) in [5.74, 6) is -0.0373. The zero-order chi connectivity index (χ0) is 17.3. The van der Waals surface area contributed by atoms with E-state index >= 15 is 0 Å². The highest BCUT2D eigenvalue weighted by molar-refractivity contribution is 5.89. The van der Waals surface area contributed by atoms with Crippen LogP contribution in [0.3, 0.4) is 0 Å². The number of aromatic nitrogens is 2. The minimum Gasteiger partial charge on any atom is -0.465 e. The number of benzene rings is 1. The van der Waals surface area contributed by atoms with Gasteiger partial charge in [0, 0.05) is 12.1 Å². The van der Waals surface area contributed by atoms with Crippen molar-refractivity contribution in [2.45, 2.75) is 25.6 Å². The molecule has 3 rings (SSSR count). The van der Waals surface area contributed by atoms with Gasteiger partial charge >= 0.3 is 12.1 Å². The number of ether oxygens (including phenoxy) is 1. The van der Waals surface area contributed by atoms with Crippen molar-refractivity contribution in [1.82, 2.24) is 9.78 Å². The second kappa shape index (κ2) is 6.18. The maximum atomic E-state index is 13.2. The SMILES string of the molecule is COC(=O)c1ccc(Cn2nc(C(F)(F)F)c3c2NCCC3)cc1. The number of alkyl halides is 3. The molecule has 0 unspecified atom stereocenters. The van der Waals surface area contributed by atoms with E-state index in [1.165, 1.54) is 11.8 Å². The first-order valence-electron chi connectivity index (χ1n) is 7.48.